The average Bonchev–Trinajstić information content (AvgIpc) is 2.16. The first-order chi connectivity index (χ1) is 7.16. The van der Waals surface area contributed by atoms with Crippen LogP contribution in [0.3, 0.4) is 0 Å². The second-order valence-corrected chi connectivity index (χ2v) is 4.15. The van der Waals surface area contributed by atoms with Gasteiger partial charge in [0.25, 0.3) is 5.56 Å². The minimum atomic E-state index is -0.218. The van der Waals surface area contributed by atoms with Crippen molar-refractivity contribution in [1.82, 2.24) is 9.97 Å². The van der Waals surface area contributed by atoms with Crippen LogP contribution in [0.25, 0.3) is 10.9 Å². The molecule has 2 rings (SSSR count). The first kappa shape index (κ1) is 9.92. The number of thioether (sulfide) groups is 1. The number of para-hydroxylation sites is 1. The standard InChI is InChI=1S/C10H8N2O2S/c1-6(13)15-10-11-8-5-3-2-4-7(8)9(14)12-10/h2-5H,1H3,(H,11,12,14). The lowest BCUT2D eigenvalue weighted by Gasteiger charge is -1.99. The van der Waals surface area contributed by atoms with Crippen LogP contribution in [-0.2, 0) is 4.79 Å². The highest BCUT2D eigenvalue weighted by Gasteiger charge is 2.05. The van der Waals surface area contributed by atoms with Crippen LogP contribution >= 0.6 is 11.8 Å². The van der Waals surface area contributed by atoms with Gasteiger partial charge < -0.3 is 4.98 Å². The average molecular weight is 220 g/mol. The van der Waals surface area contributed by atoms with E-state index in [4.69, 9.17) is 0 Å². The summed E-state index contributed by atoms with van der Waals surface area (Å²) in [6.45, 7) is 1.43. The van der Waals surface area contributed by atoms with E-state index in [9.17, 15) is 9.59 Å². The Kier molecular flexibility index (Phi) is 2.55. The third-order valence-electron chi connectivity index (χ3n) is 1.83. The van der Waals surface area contributed by atoms with Crippen molar-refractivity contribution in [2.45, 2.75) is 12.1 Å². The van der Waals surface area contributed by atoms with Crippen LogP contribution in [0.1, 0.15) is 6.92 Å². The molecule has 0 bridgehead atoms. The molecule has 76 valence electrons. The van der Waals surface area contributed by atoms with Gasteiger partial charge in [0.05, 0.1) is 10.9 Å². The van der Waals surface area contributed by atoms with Crippen molar-refractivity contribution in [3.05, 3.63) is 34.6 Å². The Hall–Kier alpha value is -1.62. The Bertz CT molecular complexity index is 577. The predicted octanol–water partition coefficient (Wildman–Crippen LogP) is 1.56. The van der Waals surface area contributed by atoms with Crippen LogP contribution in [0, 0.1) is 0 Å². The van der Waals surface area contributed by atoms with E-state index in [0.29, 0.717) is 16.1 Å². The summed E-state index contributed by atoms with van der Waals surface area (Å²) < 4.78 is 0. The van der Waals surface area contributed by atoms with Crippen molar-refractivity contribution in [2.24, 2.45) is 0 Å². The summed E-state index contributed by atoms with van der Waals surface area (Å²) in [5.74, 6) is 0. The first-order valence-corrected chi connectivity index (χ1v) is 5.16. The maximum absolute atomic E-state index is 11.6. The molecule has 0 amide bonds. The van der Waals surface area contributed by atoms with Gasteiger partial charge in [0.1, 0.15) is 0 Å². The van der Waals surface area contributed by atoms with E-state index < -0.39 is 0 Å². The number of H-pyrrole nitrogens is 1. The molecule has 0 saturated heterocycles. The maximum Gasteiger partial charge on any atom is 0.259 e. The van der Waals surface area contributed by atoms with Crippen molar-refractivity contribution in [2.75, 3.05) is 0 Å². The second kappa shape index (κ2) is 3.86. The molecule has 0 aliphatic carbocycles. The minimum absolute atomic E-state index is 0.103. The minimum Gasteiger partial charge on any atom is -0.301 e. The summed E-state index contributed by atoms with van der Waals surface area (Å²) in [5, 5.41) is 0.769. The van der Waals surface area contributed by atoms with Gasteiger partial charge in [0, 0.05) is 6.92 Å². The molecule has 5 heteroatoms. The number of carbonyl (C=O) groups is 1. The molecule has 0 spiro atoms. The van der Waals surface area contributed by atoms with Gasteiger partial charge >= 0.3 is 0 Å². The Morgan fingerprint density at radius 2 is 2.13 bits per heavy atom. The topological polar surface area (TPSA) is 62.8 Å². The molecule has 0 aliphatic rings. The molecule has 0 aliphatic heterocycles. The lowest BCUT2D eigenvalue weighted by atomic mass is 10.2. The van der Waals surface area contributed by atoms with Gasteiger partial charge in [-0.25, -0.2) is 4.98 Å². The molecule has 0 radical (unpaired) electrons. The van der Waals surface area contributed by atoms with Crippen molar-refractivity contribution >= 4 is 27.8 Å². The molecular weight excluding hydrogens is 212 g/mol. The van der Waals surface area contributed by atoms with E-state index in [1.54, 1.807) is 24.3 Å². The fraction of sp³-hybridized carbons (Fsp3) is 0.100. The molecule has 0 saturated carbocycles. The Balaban J connectivity index is 2.62. The van der Waals surface area contributed by atoms with E-state index >= 15 is 0 Å². The predicted molar refractivity (Wildman–Crippen MR) is 58.9 cm³/mol. The fourth-order valence-corrected chi connectivity index (χ4v) is 1.81. The number of carbonyl (C=O) groups excluding carboxylic acids is 1. The highest BCUT2D eigenvalue weighted by molar-refractivity contribution is 8.13. The number of fused-ring (bicyclic) bond motifs is 1. The quantitative estimate of drug-likeness (QED) is 0.585. The number of nitrogens with zero attached hydrogens (tertiary/aromatic N) is 1. The number of hydrogen-bond acceptors (Lipinski definition) is 4. The van der Waals surface area contributed by atoms with Crippen molar-refractivity contribution in [1.29, 1.82) is 0 Å². The van der Waals surface area contributed by atoms with Gasteiger partial charge in [-0.1, -0.05) is 12.1 Å². The SMILES string of the molecule is CC(=O)Sc1nc2ccccc2c(=O)[nH]1. The Morgan fingerprint density at radius 1 is 1.40 bits per heavy atom. The van der Waals surface area contributed by atoms with Crippen LogP contribution < -0.4 is 5.56 Å². The van der Waals surface area contributed by atoms with E-state index in [2.05, 4.69) is 9.97 Å². The van der Waals surface area contributed by atoms with Gasteiger partial charge in [-0.15, -0.1) is 0 Å². The third kappa shape index (κ3) is 2.07. The van der Waals surface area contributed by atoms with Gasteiger partial charge in [0.2, 0.25) is 0 Å². The van der Waals surface area contributed by atoms with E-state index in [1.165, 1.54) is 6.92 Å². The molecule has 1 aromatic carbocycles. The van der Waals surface area contributed by atoms with Crippen LogP contribution in [-0.4, -0.2) is 15.1 Å². The summed E-state index contributed by atoms with van der Waals surface area (Å²) in [6.07, 6.45) is 0. The maximum atomic E-state index is 11.6. The number of rotatable bonds is 1. The number of hydrogen-bond donors (Lipinski definition) is 1. The zero-order valence-corrected chi connectivity index (χ0v) is 8.80. The summed E-state index contributed by atoms with van der Waals surface area (Å²) in [4.78, 5) is 29.1. The van der Waals surface area contributed by atoms with Gasteiger partial charge in [0.15, 0.2) is 10.3 Å². The van der Waals surface area contributed by atoms with Crippen molar-refractivity contribution < 1.29 is 4.79 Å². The molecule has 1 aromatic heterocycles. The molecule has 1 N–H and O–H groups in total. The van der Waals surface area contributed by atoms with E-state index in [0.717, 1.165) is 11.8 Å². The Morgan fingerprint density at radius 3 is 2.87 bits per heavy atom. The molecule has 4 nitrogen and oxygen atoms in total. The molecule has 1 heterocycles. The zero-order valence-electron chi connectivity index (χ0n) is 7.98. The van der Waals surface area contributed by atoms with Crippen molar-refractivity contribution in [3.8, 4) is 0 Å². The highest BCUT2D eigenvalue weighted by Crippen LogP contribution is 2.14. The molecule has 15 heavy (non-hydrogen) atoms. The summed E-state index contributed by atoms with van der Waals surface area (Å²) in [6, 6.07) is 7.02. The molecule has 0 unspecified atom stereocenters. The normalized spacial score (nSPS) is 10.5. The zero-order chi connectivity index (χ0) is 10.8. The first-order valence-electron chi connectivity index (χ1n) is 4.34. The van der Waals surface area contributed by atoms with Gasteiger partial charge in [-0.2, -0.15) is 0 Å². The summed E-state index contributed by atoms with van der Waals surface area (Å²) in [7, 11) is 0. The lowest BCUT2D eigenvalue weighted by Crippen LogP contribution is -2.09. The Labute approximate surface area is 89.7 Å². The molecule has 0 atom stereocenters. The number of nitrogens with one attached hydrogen (secondary N) is 1. The van der Waals surface area contributed by atoms with Gasteiger partial charge in [-0.3, -0.25) is 9.59 Å². The fourth-order valence-electron chi connectivity index (χ4n) is 1.25. The summed E-state index contributed by atoms with van der Waals surface area (Å²) in [5.41, 5.74) is 0.384. The third-order valence-corrected chi connectivity index (χ3v) is 2.51. The molecule has 0 fully saturated rings. The van der Waals surface area contributed by atoms with Gasteiger partial charge in [-0.05, 0) is 23.9 Å². The molecule has 2 aromatic rings. The van der Waals surface area contributed by atoms with E-state index in [1.807, 2.05) is 0 Å². The number of aromatic amines is 1. The highest BCUT2D eigenvalue weighted by atomic mass is 32.2. The van der Waals surface area contributed by atoms with Crippen LogP contribution in [0.2, 0.25) is 0 Å². The van der Waals surface area contributed by atoms with Crippen LogP contribution in [0.5, 0.6) is 0 Å². The number of benzene rings is 1. The van der Waals surface area contributed by atoms with Crippen molar-refractivity contribution in [3.63, 3.8) is 0 Å². The lowest BCUT2D eigenvalue weighted by molar-refractivity contribution is -0.109. The largest absolute Gasteiger partial charge is 0.301 e. The second-order valence-electron chi connectivity index (χ2n) is 2.98. The summed E-state index contributed by atoms with van der Waals surface area (Å²) >= 11 is 0.922. The van der Waals surface area contributed by atoms with Crippen LogP contribution in [0.4, 0.5) is 0 Å². The van der Waals surface area contributed by atoms with Crippen LogP contribution in [0.15, 0.2) is 34.2 Å². The smallest absolute Gasteiger partial charge is 0.259 e. The monoisotopic (exact) mass is 220 g/mol. The molecular formula is C10H8N2O2S. The number of aromatic nitrogens is 2. The van der Waals surface area contributed by atoms with E-state index in [-0.39, 0.29) is 10.7 Å².